The number of anilines is 1. The van der Waals surface area contributed by atoms with Gasteiger partial charge in [0.25, 0.3) is 0 Å². The summed E-state index contributed by atoms with van der Waals surface area (Å²) in [4.78, 5) is 11.3. The molecule has 4 nitrogen and oxygen atoms in total. The van der Waals surface area contributed by atoms with Crippen molar-refractivity contribution in [1.82, 2.24) is 9.97 Å². The molecular weight excluding hydrogens is 236 g/mol. The van der Waals surface area contributed by atoms with Crippen molar-refractivity contribution in [3.05, 3.63) is 30.6 Å². The molecule has 1 saturated heterocycles. The van der Waals surface area contributed by atoms with E-state index >= 15 is 0 Å². The molecule has 4 heteroatoms. The van der Waals surface area contributed by atoms with Gasteiger partial charge in [0.1, 0.15) is 12.1 Å². The van der Waals surface area contributed by atoms with E-state index in [-0.39, 0.29) is 0 Å². The summed E-state index contributed by atoms with van der Waals surface area (Å²) < 4.78 is 0. The van der Waals surface area contributed by atoms with Crippen LogP contribution in [0.2, 0.25) is 0 Å². The van der Waals surface area contributed by atoms with Gasteiger partial charge in [0.05, 0.1) is 5.52 Å². The molecule has 0 amide bonds. The molecule has 2 heterocycles. The first-order valence-electron chi connectivity index (χ1n) is 7.06. The number of fused-ring (bicyclic) bond motifs is 1. The average molecular weight is 256 g/mol. The van der Waals surface area contributed by atoms with Crippen LogP contribution in [0, 0.1) is 0 Å². The summed E-state index contributed by atoms with van der Waals surface area (Å²) in [6, 6.07) is 8.75. The van der Waals surface area contributed by atoms with Gasteiger partial charge in [-0.25, -0.2) is 9.97 Å². The Balaban J connectivity index is 2.02. The van der Waals surface area contributed by atoms with Crippen LogP contribution in [0.15, 0.2) is 30.6 Å². The highest BCUT2D eigenvalue weighted by atomic mass is 15.2. The lowest BCUT2D eigenvalue weighted by Crippen LogP contribution is -2.41. The number of nitrogens with zero attached hydrogens (tertiary/aromatic N) is 3. The van der Waals surface area contributed by atoms with Crippen molar-refractivity contribution in [2.24, 2.45) is 5.73 Å². The number of hydrogen-bond donors (Lipinski definition) is 1. The van der Waals surface area contributed by atoms with Gasteiger partial charge in [-0.1, -0.05) is 12.1 Å². The van der Waals surface area contributed by atoms with Crippen LogP contribution in [0.3, 0.4) is 0 Å². The third kappa shape index (κ3) is 2.40. The molecule has 0 radical (unpaired) electrons. The van der Waals surface area contributed by atoms with Crippen molar-refractivity contribution < 1.29 is 0 Å². The lowest BCUT2D eigenvalue weighted by Gasteiger charge is -2.37. The van der Waals surface area contributed by atoms with Gasteiger partial charge in [-0.15, -0.1) is 0 Å². The maximum atomic E-state index is 5.75. The van der Waals surface area contributed by atoms with Gasteiger partial charge in [0.15, 0.2) is 0 Å². The zero-order valence-corrected chi connectivity index (χ0v) is 11.1. The van der Waals surface area contributed by atoms with E-state index in [4.69, 9.17) is 5.73 Å². The topological polar surface area (TPSA) is 55.0 Å². The molecule has 0 bridgehead atoms. The fourth-order valence-electron chi connectivity index (χ4n) is 2.99. The summed E-state index contributed by atoms with van der Waals surface area (Å²) in [7, 11) is 0. The average Bonchev–Trinajstić information content (AvgIpc) is 2.48. The zero-order valence-electron chi connectivity index (χ0n) is 11.1. The predicted molar refractivity (Wildman–Crippen MR) is 78.2 cm³/mol. The molecule has 0 saturated carbocycles. The van der Waals surface area contributed by atoms with E-state index in [1.165, 1.54) is 19.3 Å². The first-order valence-corrected chi connectivity index (χ1v) is 7.06. The van der Waals surface area contributed by atoms with Crippen LogP contribution in [0.1, 0.15) is 25.7 Å². The van der Waals surface area contributed by atoms with Gasteiger partial charge >= 0.3 is 0 Å². The Bertz CT molecular complexity index is 547. The number of para-hydroxylation sites is 1. The largest absolute Gasteiger partial charge is 0.353 e. The van der Waals surface area contributed by atoms with Gasteiger partial charge in [0, 0.05) is 18.0 Å². The van der Waals surface area contributed by atoms with E-state index in [1.807, 2.05) is 12.1 Å². The fourth-order valence-corrected chi connectivity index (χ4v) is 2.99. The number of nitrogens with two attached hydrogens (primary N) is 1. The maximum absolute atomic E-state index is 5.75. The Hall–Kier alpha value is -1.68. The van der Waals surface area contributed by atoms with Crippen molar-refractivity contribution in [3.63, 3.8) is 0 Å². The van der Waals surface area contributed by atoms with E-state index in [1.54, 1.807) is 6.33 Å². The van der Waals surface area contributed by atoms with Crippen LogP contribution in [-0.2, 0) is 0 Å². The molecule has 1 atom stereocenters. The summed E-state index contributed by atoms with van der Waals surface area (Å²) in [6.07, 6.45) is 6.46. The predicted octanol–water partition coefficient (Wildman–Crippen LogP) is 2.34. The second kappa shape index (κ2) is 5.53. The smallest absolute Gasteiger partial charge is 0.140 e. The van der Waals surface area contributed by atoms with Crippen LogP contribution in [-0.4, -0.2) is 29.1 Å². The molecule has 3 rings (SSSR count). The monoisotopic (exact) mass is 256 g/mol. The second-order valence-electron chi connectivity index (χ2n) is 5.13. The molecule has 100 valence electrons. The van der Waals surface area contributed by atoms with Crippen molar-refractivity contribution >= 4 is 16.7 Å². The first kappa shape index (κ1) is 12.4. The van der Waals surface area contributed by atoms with Gasteiger partial charge < -0.3 is 10.6 Å². The molecule has 1 fully saturated rings. The van der Waals surface area contributed by atoms with Gasteiger partial charge in [-0.3, -0.25) is 0 Å². The lowest BCUT2D eigenvalue weighted by molar-refractivity contribution is 0.440. The number of rotatable bonds is 3. The van der Waals surface area contributed by atoms with Crippen LogP contribution in [0.5, 0.6) is 0 Å². The number of hydrogen-bond acceptors (Lipinski definition) is 4. The lowest BCUT2D eigenvalue weighted by atomic mass is 9.99. The van der Waals surface area contributed by atoms with Crippen LogP contribution < -0.4 is 10.6 Å². The molecule has 0 aliphatic carbocycles. The van der Waals surface area contributed by atoms with Gasteiger partial charge in [0.2, 0.25) is 0 Å². The Morgan fingerprint density at radius 3 is 3.00 bits per heavy atom. The van der Waals surface area contributed by atoms with Crippen LogP contribution in [0.4, 0.5) is 5.82 Å². The van der Waals surface area contributed by atoms with E-state index in [0.717, 1.165) is 36.2 Å². The Kier molecular flexibility index (Phi) is 3.60. The van der Waals surface area contributed by atoms with Crippen molar-refractivity contribution in [1.29, 1.82) is 0 Å². The normalized spacial score (nSPS) is 19.8. The summed E-state index contributed by atoms with van der Waals surface area (Å²) in [5.74, 6) is 1.07. The highest BCUT2D eigenvalue weighted by Crippen LogP contribution is 2.29. The van der Waals surface area contributed by atoms with E-state index in [2.05, 4.69) is 27.0 Å². The molecule has 2 aromatic rings. The van der Waals surface area contributed by atoms with E-state index in [9.17, 15) is 0 Å². The number of aromatic nitrogens is 2. The van der Waals surface area contributed by atoms with Gasteiger partial charge in [-0.05, 0) is 44.4 Å². The molecule has 1 aliphatic rings. The molecule has 1 aromatic carbocycles. The minimum absolute atomic E-state index is 0.525. The molecule has 1 unspecified atom stereocenters. The van der Waals surface area contributed by atoms with E-state index in [0.29, 0.717) is 6.04 Å². The molecule has 1 aliphatic heterocycles. The number of piperidine rings is 1. The Labute approximate surface area is 113 Å². The molecule has 2 N–H and O–H groups in total. The van der Waals surface area contributed by atoms with Crippen molar-refractivity contribution in [2.75, 3.05) is 18.0 Å². The minimum Gasteiger partial charge on any atom is -0.353 e. The molecule has 0 spiro atoms. The SMILES string of the molecule is NCCC1CCCCN1c1ncnc2ccccc12. The zero-order chi connectivity index (χ0) is 13.1. The minimum atomic E-state index is 0.525. The van der Waals surface area contributed by atoms with Crippen molar-refractivity contribution in [2.45, 2.75) is 31.7 Å². The molecular formula is C15H20N4. The summed E-state index contributed by atoms with van der Waals surface area (Å²) in [5, 5.41) is 1.15. The summed E-state index contributed by atoms with van der Waals surface area (Å²) in [5.41, 5.74) is 6.77. The Morgan fingerprint density at radius 1 is 1.21 bits per heavy atom. The van der Waals surface area contributed by atoms with Crippen LogP contribution >= 0.6 is 0 Å². The maximum Gasteiger partial charge on any atom is 0.140 e. The van der Waals surface area contributed by atoms with Crippen molar-refractivity contribution in [3.8, 4) is 0 Å². The number of benzene rings is 1. The highest BCUT2D eigenvalue weighted by Gasteiger charge is 2.24. The third-order valence-corrected chi connectivity index (χ3v) is 3.92. The van der Waals surface area contributed by atoms with Crippen LogP contribution in [0.25, 0.3) is 10.9 Å². The summed E-state index contributed by atoms with van der Waals surface area (Å²) in [6.45, 7) is 1.82. The quantitative estimate of drug-likeness (QED) is 0.915. The molecule has 19 heavy (non-hydrogen) atoms. The second-order valence-corrected chi connectivity index (χ2v) is 5.13. The first-order chi connectivity index (χ1) is 9.40. The third-order valence-electron chi connectivity index (χ3n) is 3.92. The van der Waals surface area contributed by atoms with Gasteiger partial charge in [-0.2, -0.15) is 0 Å². The fraction of sp³-hybridized carbons (Fsp3) is 0.467. The highest BCUT2D eigenvalue weighted by molar-refractivity contribution is 5.89. The Morgan fingerprint density at radius 2 is 2.11 bits per heavy atom. The molecule has 1 aromatic heterocycles. The van der Waals surface area contributed by atoms with E-state index < -0.39 is 0 Å². The summed E-state index contributed by atoms with van der Waals surface area (Å²) >= 11 is 0. The standard InChI is InChI=1S/C15H20N4/c16-9-8-12-5-3-4-10-19(12)15-13-6-1-2-7-14(13)17-11-18-15/h1-2,6-7,11-12H,3-5,8-10,16H2.